The van der Waals surface area contributed by atoms with E-state index >= 15 is 0 Å². The van der Waals surface area contributed by atoms with Crippen LogP contribution in [0.1, 0.15) is 5.56 Å². The normalized spacial score (nSPS) is 9.70. The summed E-state index contributed by atoms with van der Waals surface area (Å²) in [5.74, 6) is 0. The monoisotopic (exact) mass is 136 g/mol. The van der Waals surface area contributed by atoms with Gasteiger partial charge in [0, 0.05) is 5.56 Å². The molecule has 0 bridgehead atoms. The summed E-state index contributed by atoms with van der Waals surface area (Å²) in [7, 11) is 0. The van der Waals surface area contributed by atoms with E-state index in [1.807, 2.05) is 0 Å². The van der Waals surface area contributed by atoms with Gasteiger partial charge < -0.3 is 4.42 Å². The van der Waals surface area contributed by atoms with Crippen LogP contribution < -0.4 is 16.1 Å². The molecular weight excluding hydrogens is 128 g/mol. The quantitative estimate of drug-likeness (QED) is 0.493. The maximum absolute atomic E-state index is 11.0. The molecule has 0 amide bonds. The Bertz CT molecular complexity index is 387. The third-order valence-electron chi connectivity index (χ3n) is 1.35. The molecule has 0 saturated carbocycles. The average Bonchev–Trinajstić information content (AvgIpc) is 1.93. The molecule has 0 spiro atoms. The fourth-order valence-corrected chi connectivity index (χ4v) is 0.649. The molecule has 1 rings (SSSR count). The zero-order valence-electron chi connectivity index (χ0n) is 5.81. The van der Waals surface area contributed by atoms with Crippen LogP contribution in [0.15, 0.2) is 15.5 Å². The second kappa shape index (κ2) is 2.14. The minimum atomic E-state index is -0.0868. The van der Waals surface area contributed by atoms with Gasteiger partial charge in [-0.25, -0.2) is 0 Å². The predicted octanol–water partition coefficient (Wildman–Crippen LogP) is -0.231. The number of rotatable bonds is 0. The maximum Gasteiger partial charge on any atom is 0.194 e. The van der Waals surface area contributed by atoms with E-state index < -0.39 is 0 Å². The molecule has 0 aliphatic rings. The Morgan fingerprint density at radius 3 is 2.60 bits per heavy atom. The highest BCUT2D eigenvalue weighted by atomic mass is 16.3. The molecule has 1 aromatic heterocycles. The van der Waals surface area contributed by atoms with Gasteiger partial charge in [-0.05, 0) is 6.92 Å². The van der Waals surface area contributed by atoms with Crippen molar-refractivity contribution in [2.24, 2.45) is 0 Å². The zero-order chi connectivity index (χ0) is 7.72. The Morgan fingerprint density at radius 2 is 2.10 bits per heavy atom. The van der Waals surface area contributed by atoms with Crippen molar-refractivity contribution in [3.63, 3.8) is 0 Å². The Labute approximate surface area is 58.1 Å². The summed E-state index contributed by atoms with van der Waals surface area (Å²) in [5, 5.41) is 0.347. The third kappa shape index (κ3) is 0.880. The minimum Gasteiger partial charge on any atom is -0.464 e. The molecule has 1 heterocycles. The van der Waals surface area contributed by atoms with Gasteiger partial charge in [0.05, 0.1) is 11.5 Å². The van der Waals surface area contributed by atoms with Crippen LogP contribution in [-0.2, 0) is 0 Å². The van der Waals surface area contributed by atoms with E-state index in [9.17, 15) is 4.79 Å². The molecule has 0 aliphatic carbocycles. The van der Waals surface area contributed by atoms with E-state index in [1.165, 1.54) is 6.26 Å². The van der Waals surface area contributed by atoms with Crippen molar-refractivity contribution in [1.29, 1.82) is 0 Å². The number of aryl methyl sites for hydroxylation is 1. The maximum atomic E-state index is 11.0. The molecule has 0 atom stereocenters. The largest absolute Gasteiger partial charge is 0.464 e. The Balaban J connectivity index is 3.85. The van der Waals surface area contributed by atoms with Crippen LogP contribution >= 0.6 is 0 Å². The van der Waals surface area contributed by atoms with E-state index in [-0.39, 0.29) is 5.43 Å². The second-order valence-electron chi connectivity index (χ2n) is 2.15. The summed E-state index contributed by atoms with van der Waals surface area (Å²) in [6.07, 6.45) is 1.39. The fourth-order valence-electron chi connectivity index (χ4n) is 0.649. The Kier molecular flexibility index (Phi) is 1.45. The second-order valence-corrected chi connectivity index (χ2v) is 2.15. The van der Waals surface area contributed by atoms with Crippen molar-refractivity contribution < 1.29 is 4.42 Å². The predicted molar refractivity (Wildman–Crippen MR) is 40.0 cm³/mol. The molecule has 0 unspecified atom stereocenters. The molecule has 10 heavy (non-hydrogen) atoms. The lowest BCUT2D eigenvalue weighted by atomic mass is 10.3. The van der Waals surface area contributed by atoms with Crippen LogP contribution in [-0.4, -0.2) is 0 Å². The highest BCUT2D eigenvalue weighted by Crippen LogP contribution is 1.76. The van der Waals surface area contributed by atoms with Crippen molar-refractivity contribution in [2.75, 3.05) is 0 Å². The van der Waals surface area contributed by atoms with Gasteiger partial charge >= 0.3 is 0 Å². The lowest BCUT2D eigenvalue weighted by molar-refractivity contribution is 0.505. The van der Waals surface area contributed by atoms with Crippen LogP contribution in [0.2, 0.25) is 0 Å². The molecule has 0 aromatic carbocycles. The molecule has 1 aromatic rings. The SMILES string of the molecule is C=c1occ(C)c(=O)c1=C. The van der Waals surface area contributed by atoms with Gasteiger partial charge in [-0.2, -0.15) is 0 Å². The molecule has 0 N–H and O–H groups in total. The first-order valence-electron chi connectivity index (χ1n) is 2.89. The van der Waals surface area contributed by atoms with Crippen molar-refractivity contribution in [3.05, 3.63) is 32.7 Å². The van der Waals surface area contributed by atoms with Crippen molar-refractivity contribution in [1.82, 2.24) is 0 Å². The summed E-state index contributed by atoms with van der Waals surface area (Å²) in [5.41, 5.74) is 0.823. The van der Waals surface area contributed by atoms with Crippen LogP contribution in [0, 0.1) is 6.92 Å². The van der Waals surface area contributed by atoms with E-state index in [2.05, 4.69) is 13.2 Å². The summed E-state index contributed by atoms with van der Waals surface area (Å²) in [6, 6.07) is 0. The fraction of sp³-hybridized carbons (Fsp3) is 0.125. The molecule has 2 nitrogen and oxygen atoms in total. The molecule has 0 aliphatic heterocycles. The molecule has 52 valence electrons. The van der Waals surface area contributed by atoms with Gasteiger partial charge in [-0.3, -0.25) is 4.79 Å². The summed E-state index contributed by atoms with van der Waals surface area (Å²) in [4.78, 5) is 11.0. The summed E-state index contributed by atoms with van der Waals surface area (Å²) < 4.78 is 4.90. The van der Waals surface area contributed by atoms with Crippen LogP contribution in [0.3, 0.4) is 0 Å². The highest BCUT2D eigenvalue weighted by molar-refractivity contribution is 5.13. The molecule has 0 fully saturated rings. The standard InChI is InChI=1S/C8H8O2/c1-5-4-10-7(3)6(2)8(5)9/h4H,2-3H2,1H3. The van der Waals surface area contributed by atoms with E-state index in [0.717, 1.165) is 0 Å². The first-order chi connectivity index (χ1) is 4.63. The van der Waals surface area contributed by atoms with Gasteiger partial charge in [0.15, 0.2) is 5.43 Å². The van der Waals surface area contributed by atoms with E-state index in [4.69, 9.17) is 4.42 Å². The smallest absolute Gasteiger partial charge is 0.194 e. The number of hydrogen-bond acceptors (Lipinski definition) is 2. The highest BCUT2D eigenvalue weighted by Gasteiger charge is 1.93. The zero-order valence-corrected chi connectivity index (χ0v) is 5.81. The van der Waals surface area contributed by atoms with Crippen molar-refractivity contribution >= 4 is 13.2 Å². The van der Waals surface area contributed by atoms with E-state index in [0.29, 0.717) is 16.2 Å². The van der Waals surface area contributed by atoms with Gasteiger partial charge in [0.2, 0.25) is 0 Å². The Morgan fingerprint density at radius 1 is 1.50 bits per heavy atom. The van der Waals surface area contributed by atoms with Crippen LogP contribution in [0.4, 0.5) is 0 Å². The third-order valence-corrected chi connectivity index (χ3v) is 1.35. The van der Waals surface area contributed by atoms with E-state index in [1.54, 1.807) is 6.92 Å². The first kappa shape index (κ1) is 6.81. The van der Waals surface area contributed by atoms with Crippen molar-refractivity contribution in [2.45, 2.75) is 6.92 Å². The number of hydrogen-bond donors (Lipinski definition) is 0. The van der Waals surface area contributed by atoms with Crippen LogP contribution in [0.25, 0.3) is 13.2 Å². The van der Waals surface area contributed by atoms with Crippen LogP contribution in [0.5, 0.6) is 0 Å². The van der Waals surface area contributed by atoms with Gasteiger partial charge in [-0.15, -0.1) is 0 Å². The van der Waals surface area contributed by atoms with Crippen molar-refractivity contribution in [3.8, 4) is 0 Å². The van der Waals surface area contributed by atoms with Gasteiger partial charge in [-0.1, -0.05) is 13.2 Å². The molecule has 0 saturated heterocycles. The summed E-state index contributed by atoms with van der Waals surface area (Å²) in [6.45, 7) is 8.69. The Hall–Kier alpha value is -1.31. The van der Waals surface area contributed by atoms with Gasteiger partial charge in [0.1, 0.15) is 5.42 Å². The molecule has 0 radical (unpaired) electrons. The summed E-state index contributed by atoms with van der Waals surface area (Å²) >= 11 is 0. The molecule has 2 heteroatoms. The first-order valence-corrected chi connectivity index (χ1v) is 2.89. The lowest BCUT2D eigenvalue weighted by Crippen LogP contribution is -2.37. The minimum absolute atomic E-state index is 0.0868. The lowest BCUT2D eigenvalue weighted by Gasteiger charge is -1.87. The topological polar surface area (TPSA) is 30.2 Å². The molecular formula is C8H8O2. The average molecular weight is 136 g/mol. The van der Waals surface area contributed by atoms with Gasteiger partial charge in [0.25, 0.3) is 0 Å².